The molecule has 0 saturated heterocycles. The Balaban J connectivity index is 0.000000339. The van der Waals surface area contributed by atoms with Crippen molar-refractivity contribution in [3.8, 4) is 0 Å². The van der Waals surface area contributed by atoms with Crippen LogP contribution in [0, 0.1) is 0 Å². The highest BCUT2D eigenvalue weighted by Crippen LogP contribution is 2.22. The van der Waals surface area contributed by atoms with Crippen molar-refractivity contribution >= 4 is 18.0 Å². The zero-order valence-corrected chi connectivity index (χ0v) is 20.5. The van der Waals surface area contributed by atoms with Crippen LogP contribution in [0.3, 0.4) is 0 Å². The number of carboxylic acid groups (broad SMARTS) is 1. The van der Waals surface area contributed by atoms with Crippen molar-refractivity contribution < 1.29 is 24.2 Å². The van der Waals surface area contributed by atoms with E-state index in [1.54, 1.807) is 27.7 Å². The summed E-state index contributed by atoms with van der Waals surface area (Å²) in [4.78, 5) is 33.7. The highest BCUT2D eigenvalue weighted by atomic mass is 16.6. The summed E-state index contributed by atoms with van der Waals surface area (Å²) in [7, 11) is 0. The average molecular weight is 456 g/mol. The Morgan fingerprint density at radius 1 is 0.938 bits per heavy atom. The molecule has 186 valence electrons. The monoisotopic (exact) mass is 455 g/mol. The summed E-state index contributed by atoms with van der Waals surface area (Å²) in [6.45, 7) is 7.28. The Bertz CT molecular complexity index is 548. The van der Waals surface area contributed by atoms with Crippen LogP contribution in [-0.4, -0.2) is 53.3 Å². The smallest absolute Gasteiger partial charge is 0.408 e. The molecule has 0 spiro atoms. The fraction of sp³-hybridized carbons (Fsp3) is 0.875. The van der Waals surface area contributed by atoms with Gasteiger partial charge in [0.15, 0.2) is 0 Å². The molecule has 1 atom stereocenters. The van der Waals surface area contributed by atoms with Gasteiger partial charge in [0, 0.05) is 25.0 Å². The molecule has 2 amide bonds. The molecule has 0 heterocycles. The summed E-state index contributed by atoms with van der Waals surface area (Å²) in [5.74, 6) is -1.45. The summed E-state index contributed by atoms with van der Waals surface area (Å²) in [6.07, 6.45) is 13.8. The number of aliphatic carboxylic acids is 1. The molecular formula is C24H45N3O5. The first-order chi connectivity index (χ1) is 15.1. The van der Waals surface area contributed by atoms with Crippen LogP contribution < -0.4 is 16.0 Å². The second-order valence-corrected chi connectivity index (χ2v) is 9.87. The lowest BCUT2D eigenvalue weighted by Crippen LogP contribution is -2.44. The van der Waals surface area contributed by atoms with E-state index in [2.05, 4.69) is 16.0 Å². The van der Waals surface area contributed by atoms with E-state index in [1.807, 2.05) is 0 Å². The molecule has 0 aromatic carbocycles. The van der Waals surface area contributed by atoms with E-state index in [-0.39, 0.29) is 18.7 Å². The van der Waals surface area contributed by atoms with Gasteiger partial charge in [0.1, 0.15) is 11.6 Å². The third-order valence-electron chi connectivity index (χ3n) is 5.70. The quantitative estimate of drug-likeness (QED) is 0.437. The number of amides is 2. The molecular weight excluding hydrogens is 410 g/mol. The van der Waals surface area contributed by atoms with Gasteiger partial charge in [0.05, 0.1) is 0 Å². The molecule has 8 nitrogen and oxygen atoms in total. The Hall–Kier alpha value is -1.83. The van der Waals surface area contributed by atoms with Gasteiger partial charge in [-0.15, -0.1) is 0 Å². The van der Waals surface area contributed by atoms with Gasteiger partial charge in [0.25, 0.3) is 0 Å². The molecule has 0 aliphatic heterocycles. The third kappa shape index (κ3) is 13.6. The fourth-order valence-electron chi connectivity index (χ4n) is 4.14. The van der Waals surface area contributed by atoms with Crippen molar-refractivity contribution in [3.05, 3.63) is 0 Å². The summed E-state index contributed by atoms with van der Waals surface area (Å²) in [6, 6.07) is 0.603. The molecule has 0 aromatic rings. The first-order valence-corrected chi connectivity index (χ1v) is 12.4. The number of hydrogen-bond acceptors (Lipinski definition) is 5. The number of ether oxygens (including phenoxy) is 1. The van der Waals surface area contributed by atoms with Crippen LogP contribution in [0.25, 0.3) is 0 Å². The number of alkyl carbamates (subject to hydrolysis) is 1. The van der Waals surface area contributed by atoms with Gasteiger partial charge in [-0.3, -0.25) is 4.79 Å². The molecule has 0 bridgehead atoms. The van der Waals surface area contributed by atoms with E-state index in [9.17, 15) is 14.4 Å². The van der Waals surface area contributed by atoms with Gasteiger partial charge in [-0.2, -0.15) is 0 Å². The first-order valence-electron chi connectivity index (χ1n) is 12.4. The van der Waals surface area contributed by atoms with Crippen molar-refractivity contribution in [2.75, 3.05) is 6.54 Å². The molecule has 0 radical (unpaired) electrons. The van der Waals surface area contributed by atoms with E-state index in [1.165, 1.54) is 64.2 Å². The zero-order valence-electron chi connectivity index (χ0n) is 20.5. The van der Waals surface area contributed by atoms with Gasteiger partial charge < -0.3 is 25.8 Å². The highest BCUT2D eigenvalue weighted by molar-refractivity contribution is 5.81. The molecule has 32 heavy (non-hydrogen) atoms. The number of rotatable bonds is 8. The molecule has 0 unspecified atom stereocenters. The minimum absolute atomic E-state index is 0.0143. The standard InChI is InChI=1S/C12H22N2O5.C12H23N/c1-5-13-9(15)7-6-8(10(16)17)14-11(18)19-12(2,3)4;1-3-7-11(8-4-1)13-12-9-5-2-6-10-12/h8H,5-7H2,1-4H3,(H,13,15)(H,14,18)(H,16,17);11-13H,1-10H2/t8-;/m0./s1. The molecule has 2 fully saturated rings. The minimum Gasteiger partial charge on any atom is -0.480 e. The van der Waals surface area contributed by atoms with Crippen molar-refractivity contribution in [1.82, 2.24) is 16.0 Å². The summed E-state index contributed by atoms with van der Waals surface area (Å²) >= 11 is 0. The van der Waals surface area contributed by atoms with Crippen molar-refractivity contribution in [2.45, 2.75) is 128 Å². The van der Waals surface area contributed by atoms with Crippen molar-refractivity contribution in [1.29, 1.82) is 0 Å². The highest BCUT2D eigenvalue weighted by Gasteiger charge is 2.24. The van der Waals surface area contributed by atoms with Gasteiger partial charge in [0.2, 0.25) is 5.91 Å². The van der Waals surface area contributed by atoms with E-state index in [0.717, 1.165) is 12.1 Å². The maximum atomic E-state index is 11.4. The van der Waals surface area contributed by atoms with Crippen LogP contribution >= 0.6 is 0 Å². The molecule has 2 rings (SSSR count). The molecule has 2 aliphatic carbocycles. The third-order valence-corrected chi connectivity index (χ3v) is 5.70. The minimum atomic E-state index is -1.20. The number of carbonyl (C=O) groups is 3. The number of nitrogens with one attached hydrogen (secondary N) is 3. The summed E-state index contributed by atoms with van der Waals surface area (Å²) in [5, 5.41) is 17.6. The van der Waals surface area contributed by atoms with Crippen LogP contribution in [-0.2, 0) is 14.3 Å². The average Bonchev–Trinajstić information content (AvgIpc) is 2.72. The lowest BCUT2D eigenvalue weighted by atomic mass is 9.91. The molecule has 2 aliphatic rings. The van der Waals surface area contributed by atoms with Crippen molar-refractivity contribution in [3.63, 3.8) is 0 Å². The summed E-state index contributed by atoms with van der Waals surface area (Å²) in [5.41, 5.74) is -0.702. The summed E-state index contributed by atoms with van der Waals surface area (Å²) < 4.78 is 4.96. The second-order valence-electron chi connectivity index (χ2n) is 9.87. The van der Waals surface area contributed by atoms with Gasteiger partial charge >= 0.3 is 12.1 Å². The Labute approximate surface area is 193 Å². The topological polar surface area (TPSA) is 117 Å². The van der Waals surface area contributed by atoms with E-state index >= 15 is 0 Å². The normalized spacial score (nSPS) is 18.6. The van der Waals surface area contributed by atoms with Crippen molar-refractivity contribution in [2.24, 2.45) is 0 Å². The lowest BCUT2D eigenvalue weighted by Gasteiger charge is -2.30. The Morgan fingerprint density at radius 3 is 1.84 bits per heavy atom. The lowest BCUT2D eigenvalue weighted by molar-refractivity contribution is -0.139. The van der Waals surface area contributed by atoms with Gasteiger partial charge in [-0.1, -0.05) is 38.5 Å². The van der Waals surface area contributed by atoms with E-state index < -0.39 is 23.7 Å². The molecule has 0 aromatic heterocycles. The van der Waals surface area contributed by atoms with Crippen LogP contribution in [0.4, 0.5) is 4.79 Å². The van der Waals surface area contributed by atoms with Gasteiger partial charge in [-0.05, 0) is 59.8 Å². The number of carbonyl (C=O) groups excluding carboxylic acids is 2. The maximum Gasteiger partial charge on any atom is 0.408 e. The zero-order chi connectivity index (χ0) is 24.0. The predicted octanol–water partition coefficient (Wildman–Crippen LogP) is 4.12. The number of carboxylic acids is 1. The molecule has 2 saturated carbocycles. The predicted molar refractivity (Wildman–Crippen MR) is 126 cm³/mol. The van der Waals surface area contributed by atoms with Crippen LogP contribution in [0.15, 0.2) is 0 Å². The molecule has 4 N–H and O–H groups in total. The Morgan fingerprint density at radius 2 is 1.44 bits per heavy atom. The van der Waals surface area contributed by atoms with Crippen LogP contribution in [0.5, 0.6) is 0 Å². The number of hydrogen-bond donors (Lipinski definition) is 4. The maximum absolute atomic E-state index is 11.4. The first kappa shape index (κ1) is 28.2. The van der Waals surface area contributed by atoms with E-state index in [0.29, 0.717) is 6.54 Å². The second kappa shape index (κ2) is 15.1. The Kier molecular flexibility index (Phi) is 13.3. The fourth-order valence-corrected chi connectivity index (χ4v) is 4.14. The largest absolute Gasteiger partial charge is 0.480 e. The SMILES string of the molecule is C1CCC(NC2CCCCC2)CC1.CCNC(=O)CC[C@H](NC(=O)OC(C)(C)C)C(=O)O. The van der Waals surface area contributed by atoms with E-state index in [4.69, 9.17) is 9.84 Å². The van der Waals surface area contributed by atoms with Crippen LogP contribution in [0.2, 0.25) is 0 Å². The van der Waals surface area contributed by atoms with Gasteiger partial charge in [-0.25, -0.2) is 9.59 Å². The molecule has 8 heteroatoms. The van der Waals surface area contributed by atoms with Crippen LogP contribution in [0.1, 0.15) is 105 Å².